The fraction of sp³-hybridized carbons (Fsp3) is 0.562. The molecule has 0 bridgehead atoms. The molecule has 0 amide bonds. The lowest BCUT2D eigenvalue weighted by atomic mass is 9.84. The summed E-state index contributed by atoms with van der Waals surface area (Å²) in [5.74, 6) is 0.202. The van der Waals surface area contributed by atoms with Gasteiger partial charge in [-0.15, -0.1) is 0 Å². The van der Waals surface area contributed by atoms with Crippen LogP contribution >= 0.6 is 0 Å². The van der Waals surface area contributed by atoms with Gasteiger partial charge in [0.05, 0.1) is 6.04 Å². The van der Waals surface area contributed by atoms with Crippen LogP contribution in [0.5, 0.6) is 0 Å². The van der Waals surface area contributed by atoms with Crippen molar-refractivity contribution < 1.29 is 9.18 Å². The molecule has 0 saturated carbocycles. The monoisotopic (exact) mass is 278 g/mol. The maximum Gasteiger partial charge on any atom is 0.137 e. The van der Waals surface area contributed by atoms with Crippen molar-refractivity contribution in [1.29, 1.82) is 0 Å². The molecule has 110 valence electrons. The molecule has 0 aliphatic carbocycles. The Morgan fingerprint density at radius 3 is 2.75 bits per heavy atom. The highest BCUT2D eigenvalue weighted by atomic mass is 19.1. The van der Waals surface area contributed by atoms with Gasteiger partial charge in [-0.2, -0.15) is 0 Å². The van der Waals surface area contributed by atoms with Crippen molar-refractivity contribution in [2.45, 2.75) is 44.8 Å². The lowest BCUT2D eigenvalue weighted by Crippen LogP contribution is -2.47. The molecule has 1 aliphatic rings. The molecule has 1 aliphatic heterocycles. The highest BCUT2D eigenvalue weighted by molar-refractivity contribution is 5.57. The molecule has 0 radical (unpaired) electrons. The molecule has 3 nitrogen and oxygen atoms in total. The molecule has 0 aromatic heterocycles. The Morgan fingerprint density at radius 2 is 2.15 bits per heavy atom. The van der Waals surface area contributed by atoms with Crippen molar-refractivity contribution in [2.24, 2.45) is 11.7 Å². The molecule has 1 saturated heterocycles. The Hall–Kier alpha value is -1.26. The minimum Gasteiger partial charge on any atom is -0.327 e. The van der Waals surface area contributed by atoms with Gasteiger partial charge >= 0.3 is 0 Å². The Kier molecular flexibility index (Phi) is 5.26. The molecule has 1 fully saturated rings. The minimum absolute atomic E-state index is 0.0728. The normalized spacial score (nSPS) is 25.4. The Labute approximate surface area is 120 Å². The van der Waals surface area contributed by atoms with Crippen LogP contribution in [0.4, 0.5) is 4.39 Å². The average Bonchev–Trinajstić information content (AvgIpc) is 2.49. The number of nitrogens with two attached hydrogens (primary N) is 1. The first-order valence-electron chi connectivity index (χ1n) is 7.33. The first kappa shape index (κ1) is 15.1. The first-order valence-corrected chi connectivity index (χ1v) is 7.33. The van der Waals surface area contributed by atoms with Gasteiger partial charge < -0.3 is 10.5 Å². The molecular weight excluding hydrogens is 255 g/mol. The first-order chi connectivity index (χ1) is 9.63. The van der Waals surface area contributed by atoms with Crippen LogP contribution in [-0.4, -0.2) is 29.8 Å². The summed E-state index contributed by atoms with van der Waals surface area (Å²) < 4.78 is 12.9. The number of carbonyl (C=O) groups is 1. The van der Waals surface area contributed by atoms with E-state index in [-0.39, 0.29) is 17.9 Å². The van der Waals surface area contributed by atoms with E-state index in [1.807, 2.05) is 0 Å². The summed E-state index contributed by atoms with van der Waals surface area (Å²) in [6.07, 6.45) is 3.84. The fourth-order valence-electron chi connectivity index (χ4n) is 2.96. The van der Waals surface area contributed by atoms with Gasteiger partial charge in [-0.3, -0.25) is 4.90 Å². The van der Waals surface area contributed by atoms with Crippen LogP contribution < -0.4 is 5.73 Å². The average molecular weight is 278 g/mol. The zero-order valence-corrected chi connectivity index (χ0v) is 12.0. The molecule has 1 aromatic carbocycles. The summed E-state index contributed by atoms with van der Waals surface area (Å²) in [6.45, 7) is 3.66. The van der Waals surface area contributed by atoms with E-state index in [1.54, 1.807) is 12.1 Å². The van der Waals surface area contributed by atoms with Gasteiger partial charge in [0.2, 0.25) is 0 Å². The van der Waals surface area contributed by atoms with Gasteiger partial charge in [0.25, 0.3) is 0 Å². The van der Waals surface area contributed by atoms with Crippen LogP contribution in [0.3, 0.4) is 0 Å². The number of aldehydes is 1. The number of nitrogens with zero attached hydrogens (tertiary/aromatic N) is 1. The largest absolute Gasteiger partial charge is 0.327 e. The van der Waals surface area contributed by atoms with Gasteiger partial charge in [-0.1, -0.05) is 19.1 Å². The van der Waals surface area contributed by atoms with E-state index in [9.17, 15) is 9.18 Å². The summed E-state index contributed by atoms with van der Waals surface area (Å²) in [5, 5.41) is 0. The van der Waals surface area contributed by atoms with E-state index in [0.29, 0.717) is 12.5 Å². The third kappa shape index (κ3) is 3.64. The number of piperidine rings is 1. The zero-order chi connectivity index (χ0) is 14.5. The quantitative estimate of drug-likeness (QED) is 0.841. The van der Waals surface area contributed by atoms with Crippen molar-refractivity contribution in [3.63, 3.8) is 0 Å². The Bertz CT molecular complexity index is 435. The van der Waals surface area contributed by atoms with Crippen LogP contribution in [0, 0.1) is 11.7 Å². The van der Waals surface area contributed by atoms with Crippen LogP contribution in [-0.2, 0) is 11.3 Å². The second-order valence-corrected chi connectivity index (χ2v) is 5.66. The highest BCUT2D eigenvalue weighted by Crippen LogP contribution is 2.26. The molecule has 2 N–H and O–H groups in total. The van der Waals surface area contributed by atoms with Crippen LogP contribution in [0.1, 0.15) is 31.7 Å². The number of carbonyl (C=O) groups excluding carboxylic acids is 1. The molecule has 3 unspecified atom stereocenters. The van der Waals surface area contributed by atoms with Crippen LogP contribution in [0.2, 0.25) is 0 Å². The van der Waals surface area contributed by atoms with Crippen molar-refractivity contribution in [3.05, 3.63) is 35.6 Å². The van der Waals surface area contributed by atoms with E-state index in [1.165, 1.54) is 12.1 Å². The van der Waals surface area contributed by atoms with E-state index in [4.69, 9.17) is 5.73 Å². The smallest absolute Gasteiger partial charge is 0.137 e. The third-order valence-electron chi connectivity index (χ3n) is 4.33. The zero-order valence-electron chi connectivity index (χ0n) is 12.0. The summed E-state index contributed by atoms with van der Waals surface area (Å²) in [6, 6.07) is 6.60. The predicted molar refractivity (Wildman–Crippen MR) is 77.7 cm³/mol. The number of halogens is 1. The van der Waals surface area contributed by atoms with E-state index < -0.39 is 0 Å². The van der Waals surface area contributed by atoms with Gasteiger partial charge in [-0.05, 0) is 49.4 Å². The number of hydrogen-bond acceptors (Lipinski definition) is 3. The van der Waals surface area contributed by atoms with Crippen molar-refractivity contribution >= 4 is 6.29 Å². The second kappa shape index (κ2) is 6.95. The molecule has 2 rings (SSSR count). The molecule has 0 spiro atoms. The lowest BCUT2D eigenvalue weighted by molar-refractivity contribution is -0.114. The lowest BCUT2D eigenvalue weighted by Gasteiger charge is -2.38. The van der Waals surface area contributed by atoms with E-state index >= 15 is 0 Å². The van der Waals surface area contributed by atoms with Gasteiger partial charge in [-0.25, -0.2) is 4.39 Å². The van der Waals surface area contributed by atoms with E-state index in [2.05, 4.69) is 11.8 Å². The molecule has 1 aromatic rings. The minimum atomic E-state index is -0.228. The third-order valence-corrected chi connectivity index (χ3v) is 4.33. The molecule has 3 atom stereocenters. The highest BCUT2D eigenvalue weighted by Gasteiger charge is 2.30. The van der Waals surface area contributed by atoms with Crippen molar-refractivity contribution in [3.8, 4) is 0 Å². The SMILES string of the molecule is CCC(N)C1CCN(Cc2ccc(F)cc2)C(C=O)C1. The molecule has 4 heteroatoms. The van der Waals surface area contributed by atoms with Gasteiger partial charge in [0, 0.05) is 12.6 Å². The van der Waals surface area contributed by atoms with Crippen molar-refractivity contribution in [1.82, 2.24) is 4.90 Å². The van der Waals surface area contributed by atoms with Crippen molar-refractivity contribution in [2.75, 3.05) is 6.54 Å². The number of benzene rings is 1. The van der Waals surface area contributed by atoms with Crippen LogP contribution in [0.25, 0.3) is 0 Å². The fourth-order valence-corrected chi connectivity index (χ4v) is 2.96. The molecular formula is C16H23FN2O. The van der Waals surface area contributed by atoms with E-state index in [0.717, 1.165) is 37.7 Å². The topological polar surface area (TPSA) is 46.3 Å². The van der Waals surface area contributed by atoms with Crippen LogP contribution in [0.15, 0.2) is 24.3 Å². The summed E-state index contributed by atoms with van der Waals surface area (Å²) >= 11 is 0. The maximum absolute atomic E-state index is 12.9. The number of rotatable bonds is 5. The predicted octanol–water partition coefficient (Wildman–Crippen LogP) is 2.34. The summed E-state index contributed by atoms with van der Waals surface area (Å²) in [5.41, 5.74) is 7.14. The van der Waals surface area contributed by atoms with Gasteiger partial charge in [0.1, 0.15) is 12.1 Å². The standard InChI is InChI=1S/C16H23FN2O/c1-2-16(18)13-7-8-19(15(9-13)11-20)10-12-3-5-14(17)6-4-12/h3-6,11,13,15-16H,2,7-10,18H2,1H3. The number of hydrogen-bond donors (Lipinski definition) is 1. The maximum atomic E-state index is 12.9. The second-order valence-electron chi connectivity index (χ2n) is 5.66. The molecule has 1 heterocycles. The molecule has 20 heavy (non-hydrogen) atoms. The Morgan fingerprint density at radius 1 is 1.45 bits per heavy atom. The number of likely N-dealkylation sites (tertiary alicyclic amines) is 1. The summed E-state index contributed by atoms with van der Waals surface area (Å²) in [4.78, 5) is 13.5. The van der Waals surface area contributed by atoms with Gasteiger partial charge in [0.15, 0.2) is 0 Å². The summed E-state index contributed by atoms with van der Waals surface area (Å²) in [7, 11) is 0. The Balaban J connectivity index is 1.98.